The van der Waals surface area contributed by atoms with Crippen LogP contribution in [0.2, 0.25) is 0 Å². The molecule has 4 unspecified atom stereocenters. The molecule has 2 N–H and O–H groups in total. The van der Waals surface area contributed by atoms with E-state index in [4.69, 9.17) is 9.47 Å². The summed E-state index contributed by atoms with van der Waals surface area (Å²) >= 11 is 0.998. The van der Waals surface area contributed by atoms with Crippen molar-refractivity contribution in [2.45, 2.75) is 45.5 Å². The predicted molar refractivity (Wildman–Crippen MR) is 82.5 cm³/mol. The summed E-state index contributed by atoms with van der Waals surface area (Å²) in [5.41, 5.74) is 0. The number of ether oxygens (including phenoxy) is 2. The Hall–Kier alpha value is 0.320. The molecular formula is C11H14I2N2O4. The van der Waals surface area contributed by atoms with E-state index in [2.05, 4.69) is 29.7 Å². The molecule has 4 atom stereocenters. The van der Waals surface area contributed by atoms with Gasteiger partial charge in [0, 0.05) is 0 Å². The fourth-order valence-electron chi connectivity index (χ4n) is 2.79. The summed E-state index contributed by atoms with van der Waals surface area (Å²) < 4.78 is 17.0. The number of rotatable bonds is 3. The van der Waals surface area contributed by atoms with Crippen LogP contribution in [-0.4, -0.2) is 31.2 Å². The van der Waals surface area contributed by atoms with Crippen LogP contribution in [0.1, 0.15) is 26.2 Å². The van der Waals surface area contributed by atoms with Crippen molar-refractivity contribution in [2.75, 3.05) is 0 Å². The van der Waals surface area contributed by atoms with Gasteiger partial charge in [-0.1, -0.05) is 0 Å². The molecule has 6 nitrogen and oxygen atoms in total. The average Bonchev–Trinajstić information content (AvgIpc) is 3.17. The van der Waals surface area contributed by atoms with Crippen LogP contribution >= 0.6 is 43.0 Å². The molecule has 2 bridgehead atoms. The molecule has 0 aromatic heterocycles. The molecular weight excluding hydrogens is 478 g/mol. The topological polar surface area (TPSA) is 96.5 Å². The van der Waals surface area contributed by atoms with Gasteiger partial charge in [-0.25, -0.2) is 0 Å². The quantitative estimate of drug-likeness (QED) is 0.153. The SMILES string of the molecule is CC(I)(C(=O)OC1CCC2CC1OC2=O)C12NI1N2. The molecule has 4 rings (SSSR count). The van der Waals surface area contributed by atoms with Crippen molar-refractivity contribution in [1.82, 2.24) is 7.06 Å². The zero-order valence-electron chi connectivity index (χ0n) is 10.2. The normalized spacial score (nSPS) is 41.9. The number of nitrogens with one attached hydrogen (secondary N) is 2. The molecule has 4 fully saturated rings. The van der Waals surface area contributed by atoms with Gasteiger partial charge < -0.3 is 0 Å². The summed E-state index contributed by atoms with van der Waals surface area (Å²) in [4.78, 5) is 23.9. The van der Waals surface area contributed by atoms with E-state index >= 15 is 0 Å². The number of carbonyl (C=O) groups excluding carboxylic acids is 2. The van der Waals surface area contributed by atoms with E-state index in [0.717, 1.165) is 12.8 Å². The van der Waals surface area contributed by atoms with Crippen molar-refractivity contribution in [2.24, 2.45) is 5.92 Å². The standard InChI is InChI=1S/C11H14I2N2O4/c1-10(12,11-13(14-11)15-11)9(17)19-6-3-2-5-4-7(6)18-8(5)16/h5-7,14-15H,2-4H2,1H3. The second kappa shape index (κ2) is 3.95. The Morgan fingerprint density at radius 1 is 1.58 bits per heavy atom. The maximum atomic E-state index is 12.4. The van der Waals surface area contributed by atoms with Crippen LogP contribution in [0.25, 0.3) is 0 Å². The Morgan fingerprint density at radius 2 is 2.26 bits per heavy atom. The molecule has 0 radical (unpaired) electrons. The number of esters is 2. The second-order valence-electron chi connectivity index (χ2n) is 5.56. The minimum absolute atomic E-state index is 0.0254. The molecule has 8 heteroatoms. The summed E-state index contributed by atoms with van der Waals surface area (Å²) in [5.74, 6) is -0.296. The van der Waals surface area contributed by atoms with Crippen molar-refractivity contribution < 1.29 is 19.1 Å². The van der Waals surface area contributed by atoms with Gasteiger partial charge in [-0.3, -0.25) is 0 Å². The fraction of sp³-hybridized carbons (Fsp3) is 0.818. The van der Waals surface area contributed by atoms with Gasteiger partial charge in [0.05, 0.1) is 0 Å². The summed E-state index contributed by atoms with van der Waals surface area (Å²) in [6.07, 6.45) is 1.71. The maximum absolute atomic E-state index is 12.4. The van der Waals surface area contributed by atoms with E-state index in [1.807, 2.05) is 6.92 Å². The van der Waals surface area contributed by atoms with E-state index in [0.29, 0.717) is 6.42 Å². The molecule has 0 aromatic carbocycles. The van der Waals surface area contributed by atoms with Gasteiger partial charge in [-0.15, -0.1) is 0 Å². The summed E-state index contributed by atoms with van der Waals surface area (Å²) in [5, 5.41) is 0. The monoisotopic (exact) mass is 492 g/mol. The summed E-state index contributed by atoms with van der Waals surface area (Å²) in [7, 11) is 0. The Labute approximate surface area is 131 Å². The van der Waals surface area contributed by atoms with Crippen LogP contribution in [0.15, 0.2) is 0 Å². The van der Waals surface area contributed by atoms with Gasteiger partial charge in [-0.2, -0.15) is 0 Å². The van der Waals surface area contributed by atoms with Crippen molar-refractivity contribution in [3.8, 4) is 0 Å². The van der Waals surface area contributed by atoms with Gasteiger partial charge in [-0.05, 0) is 0 Å². The number of hydrogen-bond acceptors (Lipinski definition) is 6. The molecule has 3 aliphatic heterocycles. The first-order valence-electron chi connectivity index (χ1n) is 6.30. The van der Waals surface area contributed by atoms with Gasteiger partial charge in [0.1, 0.15) is 0 Å². The van der Waals surface area contributed by atoms with E-state index in [1.54, 1.807) is 0 Å². The fourth-order valence-corrected chi connectivity index (χ4v) is 10.5. The van der Waals surface area contributed by atoms with Crippen molar-refractivity contribution in [1.29, 1.82) is 0 Å². The predicted octanol–water partition coefficient (Wildman–Crippen LogP) is 1.01. The third-order valence-electron chi connectivity index (χ3n) is 4.28. The van der Waals surface area contributed by atoms with Crippen LogP contribution in [0, 0.1) is 5.92 Å². The molecule has 3 heterocycles. The van der Waals surface area contributed by atoms with Gasteiger partial charge in [0.15, 0.2) is 0 Å². The summed E-state index contributed by atoms with van der Waals surface area (Å²) in [6, 6.07) is 0. The second-order valence-corrected chi connectivity index (χ2v) is 12.0. The van der Waals surface area contributed by atoms with Crippen LogP contribution in [0.3, 0.4) is 0 Å². The van der Waals surface area contributed by atoms with E-state index in [1.165, 1.54) is 0 Å². The average molecular weight is 492 g/mol. The number of hydrogen-bond donors (Lipinski definition) is 2. The van der Waals surface area contributed by atoms with Gasteiger partial charge in [0.25, 0.3) is 0 Å². The number of carbonyl (C=O) groups is 2. The molecule has 0 aromatic rings. The molecule has 0 spiro atoms. The molecule has 19 heavy (non-hydrogen) atoms. The van der Waals surface area contributed by atoms with Gasteiger partial charge in [0.2, 0.25) is 0 Å². The first-order valence-corrected chi connectivity index (χ1v) is 10.6. The molecule has 0 amide bonds. The van der Waals surface area contributed by atoms with Crippen LogP contribution in [0.4, 0.5) is 0 Å². The Balaban J connectivity index is 1.44. The van der Waals surface area contributed by atoms with Crippen LogP contribution in [0.5, 0.6) is 0 Å². The molecule has 4 aliphatic rings. The Bertz CT molecular complexity index is 477. The minimum atomic E-state index is -1.18. The number of fused-ring (bicyclic) bond motifs is 3. The third kappa shape index (κ3) is 1.78. The van der Waals surface area contributed by atoms with Crippen LogP contribution in [-0.2, 0) is 19.1 Å². The first kappa shape index (κ1) is 13.0. The molecule has 1 saturated carbocycles. The van der Waals surface area contributed by atoms with Gasteiger partial charge >= 0.3 is 132 Å². The van der Waals surface area contributed by atoms with Crippen molar-refractivity contribution >= 4 is 54.9 Å². The Morgan fingerprint density at radius 3 is 2.89 bits per heavy atom. The van der Waals surface area contributed by atoms with Crippen molar-refractivity contribution in [3.63, 3.8) is 0 Å². The Kier molecular flexibility index (Phi) is 2.70. The zero-order valence-corrected chi connectivity index (χ0v) is 14.6. The summed E-state index contributed by atoms with van der Waals surface area (Å²) in [6.45, 7) is 1.91. The van der Waals surface area contributed by atoms with E-state index in [-0.39, 0.29) is 33.7 Å². The first-order chi connectivity index (χ1) is 8.94. The van der Waals surface area contributed by atoms with Crippen LogP contribution < -0.4 is 7.06 Å². The third-order valence-corrected chi connectivity index (χ3v) is 11.4. The van der Waals surface area contributed by atoms with E-state index in [9.17, 15) is 9.59 Å². The molecule has 1 aliphatic carbocycles. The molecule has 106 valence electrons. The van der Waals surface area contributed by atoms with Crippen molar-refractivity contribution in [3.05, 3.63) is 0 Å². The zero-order chi connectivity index (χ0) is 13.4. The molecule has 3 saturated heterocycles. The number of alkyl halides is 2. The van der Waals surface area contributed by atoms with E-state index < -0.39 is 23.8 Å². The number of halogens is 2.